The maximum absolute atomic E-state index is 15.2. The quantitative estimate of drug-likeness (QED) is 0.128. The van der Waals surface area contributed by atoms with Crippen molar-refractivity contribution in [2.75, 3.05) is 17.7 Å². The molecule has 1 N–H and O–H groups in total. The van der Waals surface area contributed by atoms with E-state index in [1.165, 1.54) is 48.1 Å². The number of halogens is 3. The Labute approximate surface area is 275 Å². The lowest BCUT2D eigenvalue weighted by Crippen LogP contribution is -2.13. The van der Waals surface area contributed by atoms with Gasteiger partial charge in [0.15, 0.2) is 14.9 Å². The molecule has 3 heterocycles. The van der Waals surface area contributed by atoms with Crippen molar-refractivity contribution in [3.05, 3.63) is 117 Å². The number of hydrogen-bond donors (Lipinski definition) is 1. The van der Waals surface area contributed by atoms with Gasteiger partial charge in [-0.15, -0.1) is 11.3 Å². The first-order chi connectivity index (χ1) is 22.2. The highest BCUT2D eigenvalue weighted by Gasteiger charge is 2.17. The number of benzene rings is 3. The van der Waals surface area contributed by atoms with Gasteiger partial charge in [-0.3, -0.25) is 0 Å². The van der Waals surface area contributed by atoms with Crippen LogP contribution in [0.3, 0.4) is 0 Å². The fourth-order valence-corrected chi connectivity index (χ4v) is 6.74. The van der Waals surface area contributed by atoms with Gasteiger partial charge in [0, 0.05) is 34.3 Å². The molecule has 46 heavy (non-hydrogen) atoms. The molecule has 0 bridgehead atoms. The second-order valence-electron chi connectivity index (χ2n) is 9.93. The summed E-state index contributed by atoms with van der Waals surface area (Å²) in [7, 11) is -3.57. The van der Waals surface area contributed by atoms with Crippen LogP contribution in [0.1, 0.15) is 10.6 Å². The van der Waals surface area contributed by atoms with Crippen molar-refractivity contribution in [1.82, 2.24) is 19.9 Å². The van der Waals surface area contributed by atoms with Crippen LogP contribution in [0.15, 0.2) is 100 Å². The molecule has 9 nitrogen and oxygen atoms in total. The number of ether oxygens (including phenoxy) is 2. The Bertz CT molecular complexity index is 2120. The van der Waals surface area contributed by atoms with Crippen LogP contribution in [0.5, 0.6) is 5.75 Å². The first kappa shape index (κ1) is 31.6. The van der Waals surface area contributed by atoms with Gasteiger partial charge in [0.25, 0.3) is 0 Å². The molecule has 14 heteroatoms. The van der Waals surface area contributed by atoms with Gasteiger partial charge in [0.2, 0.25) is 0 Å². The Balaban J connectivity index is 1.13. The van der Waals surface area contributed by atoms with E-state index in [0.29, 0.717) is 48.9 Å². The van der Waals surface area contributed by atoms with Crippen LogP contribution >= 0.6 is 27.3 Å². The maximum atomic E-state index is 15.2. The number of nitrogens with zero attached hydrogens (tertiary/aromatic N) is 4. The van der Waals surface area contributed by atoms with Crippen molar-refractivity contribution in [3.63, 3.8) is 0 Å². The van der Waals surface area contributed by atoms with Gasteiger partial charge in [0.1, 0.15) is 41.1 Å². The smallest absolute Gasteiger partial charge is 0.197 e. The van der Waals surface area contributed by atoms with E-state index in [4.69, 9.17) is 9.47 Å². The highest BCUT2D eigenvalue weighted by atomic mass is 79.9. The number of nitrogens with one attached hydrogen (secondary N) is 1. The minimum absolute atomic E-state index is 0.00365. The largest absolute Gasteiger partial charge is 0.488 e. The fourth-order valence-electron chi connectivity index (χ4n) is 4.46. The maximum Gasteiger partial charge on any atom is 0.197 e. The Morgan fingerprint density at radius 1 is 0.935 bits per heavy atom. The Hall–Kier alpha value is -4.37. The summed E-state index contributed by atoms with van der Waals surface area (Å²) in [4.78, 5) is 17.0. The van der Waals surface area contributed by atoms with Crippen molar-refractivity contribution in [2.45, 2.75) is 18.2 Å². The zero-order valence-electron chi connectivity index (χ0n) is 23.9. The summed E-state index contributed by atoms with van der Waals surface area (Å²) < 4.78 is 65.6. The molecule has 0 aliphatic heterocycles. The van der Waals surface area contributed by atoms with Gasteiger partial charge in [-0.05, 0) is 70.0 Å². The standard InChI is InChI=1S/C32H24BrF2N5O4S2/c33-25-13-22(7-8-29(25)44-16-20-4-3-5-21(34)12-20)39-32-24-14-23(26(35)15-27(24)37-19-38-32)28-18-45-30(40-28)17-43-10-11-46(41,42)31-6-1-2-9-36-31/h1-9,12-15,18-19H,10-11,16-17H2,(H,37,38,39). The summed E-state index contributed by atoms with van der Waals surface area (Å²) >= 11 is 4.80. The minimum atomic E-state index is -3.57. The van der Waals surface area contributed by atoms with Crippen LogP contribution in [-0.4, -0.2) is 40.7 Å². The molecule has 0 saturated carbocycles. The summed E-state index contributed by atoms with van der Waals surface area (Å²) in [6.45, 7) is 0.234. The van der Waals surface area contributed by atoms with Crippen LogP contribution in [0.25, 0.3) is 22.2 Å². The van der Waals surface area contributed by atoms with Gasteiger partial charge < -0.3 is 14.8 Å². The number of pyridine rings is 1. The number of hydrogen-bond acceptors (Lipinski definition) is 10. The van der Waals surface area contributed by atoms with Gasteiger partial charge >= 0.3 is 0 Å². The van der Waals surface area contributed by atoms with E-state index in [9.17, 15) is 12.8 Å². The predicted octanol–water partition coefficient (Wildman–Crippen LogP) is 7.50. The zero-order valence-corrected chi connectivity index (χ0v) is 27.1. The molecule has 0 spiro atoms. The molecule has 0 aliphatic rings. The second-order valence-corrected chi connectivity index (χ2v) is 13.8. The van der Waals surface area contributed by atoms with E-state index in [1.54, 1.807) is 47.8 Å². The highest BCUT2D eigenvalue weighted by molar-refractivity contribution is 9.10. The van der Waals surface area contributed by atoms with E-state index >= 15 is 4.39 Å². The lowest BCUT2D eigenvalue weighted by atomic mass is 10.1. The summed E-state index contributed by atoms with van der Waals surface area (Å²) in [5.74, 6) is -0.0198. The van der Waals surface area contributed by atoms with Crippen LogP contribution in [0, 0.1) is 11.6 Å². The van der Waals surface area contributed by atoms with Crippen LogP contribution in [0.4, 0.5) is 20.3 Å². The Kier molecular flexibility index (Phi) is 9.59. The first-order valence-electron chi connectivity index (χ1n) is 13.8. The lowest BCUT2D eigenvalue weighted by Gasteiger charge is -2.13. The van der Waals surface area contributed by atoms with E-state index in [1.807, 2.05) is 6.07 Å². The van der Waals surface area contributed by atoms with E-state index < -0.39 is 15.7 Å². The van der Waals surface area contributed by atoms with Crippen molar-refractivity contribution >= 4 is 59.5 Å². The van der Waals surface area contributed by atoms with Crippen LogP contribution in [0.2, 0.25) is 0 Å². The molecule has 0 atom stereocenters. The zero-order chi connectivity index (χ0) is 32.1. The number of thiazole rings is 1. The molecule has 0 fully saturated rings. The number of rotatable bonds is 12. The second kappa shape index (κ2) is 14.0. The normalized spacial score (nSPS) is 11.5. The third-order valence-corrected chi connectivity index (χ3v) is 9.73. The third-order valence-electron chi connectivity index (χ3n) is 6.71. The fraction of sp³-hybridized carbons (Fsp3) is 0.125. The monoisotopic (exact) mass is 723 g/mol. The Morgan fingerprint density at radius 3 is 2.63 bits per heavy atom. The van der Waals surface area contributed by atoms with Crippen molar-refractivity contribution in [1.29, 1.82) is 0 Å². The summed E-state index contributed by atoms with van der Waals surface area (Å²) in [6, 6.07) is 19.3. The van der Waals surface area contributed by atoms with E-state index in [-0.39, 0.29) is 42.0 Å². The highest BCUT2D eigenvalue weighted by Crippen LogP contribution is 2.34. The average Bonchev–Trinajstić information content (AvgIpc) is 3.52. The molecule has 6 rings (SSSR count). The molecule has 0 radical (unpaired) electrons. The molecular weight excluding hydrogens is 700 g/mol. The van der Waals surface area contributed by atoms with Gasteiger partial charge in [-0.1, -0.05) is 18.2 Å². The first-order valence-corrected chi connectivity index (χ1v) is 17.1. The summed E-state index contributed by atoms with van der Waals surface area (Å²) in [6.07, 6.45) is 2.77. The molecule has 3 aromatic heterocycles. The van der Waals surface area contributed by atoms with Gasteiger partial charge in [-0.2, -0.15) is 0 Å². The summed E-state index contributed by atoms with van der Waals surface area (Å²) in [5.41, 5.74) is 2.46. The molecule has 0 saturated heterocycles. The molecule has 0 aliphatic carbocycles. The summed E-state index contributed by atoms with van der Waals surface area (Å²) in [5, 5.41) is 6.11. The number of anilines is 2. The molecular formula is C32H24BrF2N5O4S2. The molecule has 6 aromatic rings. The van der Waals surface area contributed by atoms with Gasteiger partial charge in [-0.25, -0.2) is 37.1 Å². The van der Waals surface area contributed by atoms with Crippen molar-refractivity contribution in [2.24, 2.45) is 0 Å². The number of fused-ring (bicyclic) bond motifs is 1. The van der Waals surface area contributed by atoms with Crippen molar-refractivity contribution < 1.29 is 26.7 Å². The lowest BCUT2D eigenvalue weighted by molar-refractivity contribution is 0.135. The molecule has 3 aromatic carbocycles. The molecule has 0 unspecified atom stereocenters. The van der Waals surface area contributed by atoms with E-state index in [0.717, 1.165) is 0 Å². The van der Waals surface area contributed by atoms with Crippen molar-refractivity contribution in [3.8, 4) is 17.0 Å². The van der Waals surface area contributed by atoms with Crippen LogP contribution in [-0.2, 0) is 27.8 Å². The topological polar surface area (TPSA) is 116 Å². The molecule has 234 valence electrons. The Morgan fingerprint density at radius 2 is 1.83 bits per heavy atom. The van der Waals surface area contributed by atoms with Gasteiger partial charge in [0.05, 0.1) is 34.6 Å². The number of aromatic nitrogens is 4. The SMILES string of the molecule is O=S(=O)(CCOCc1nc(-c2cc3c(Nc4ccc(OCc5cccc(F)c5)c(Br)c4)ncnc3cc2F)cs1)c1ccccn1. The van der Waals surface area contributed by atoms with E-state index in [2.05, 4.69) is 41.2 Å². The number of sulfone groups is 1. The molecule has 0 amide bonds. The van der Waals surface area contributed by atoms with Crippen LogP contribution < -0.4 is 10.1 Å². The predicted molar refractivity (Wildman–Crippen MR) is 175 cm³/mol. The minimum Gasteiger partial charge on any atom is -0.488 e. The average molecular weight is 725 g/mol. The third kappa shape index (κ3) is 7.53.